The molecule has 4 heteroatoms. The predicted molar refractivity (Wildman–Crippen MR) is 49.9 cm³/mol. The van der Waals surface area contributed by atoms with Crippen LogP contribution in [0.1, 0.15) is 23.3 Å². The number of halogens is 1. The lowest BCUT2D eigenvalue weighted by Gasteiger charge is -2.11. The minimum Gasteiger partial charge on any atom is -0.348 e. The molecular formula is C7H12BrN3. The smallest absolute Gasteiger partial charge is 0.206 e. The van der Waals surface area contributed by atoms with Crippen molar-refractivity contribution < 1.29 is 16.4 Å². The highest BCUT2D eigenvalue weighted by molar-refractivity contribution is 9.10. The average molecular weight is 230 g/mol. The summed E-state index contributed by atoms with van der Waals surface area (Å²) < 4.78 is 88.5. The van der Waals surface area contributed by atoms with E-state index in [1.807, 2.05) is 0 Å². The minimum atomic E-state index is -3.30. The van der Waals surface area contributed by atoms with E-state index in [0.29, 0.717) is 0 Å². The summed E-state index contributed by atoms with van der Waals surface area (Å²) in [7, 11) is 0. The fourth-order valence-corrected chi connectivity index (χ4v) is 0.869. The Balaban J connectivity index is 3.78. The van der Waals surface area contributed by atoms with Crippen LogP contribution in [-0.4, -0.2) is 23.5 Å². The normalized spacial score (nSPS) is 31.0. The summed E-state index contributed by atoms with van der Waals surface area (Å²) in [4.78, 5) is 3.36. The van der Waals surface area contributed by atoms with Gasteiger partial charge in [0.05, 0.1) is 1.37 Å². The van der Waals surface area contributed by atoms with Crippen LogP contribution in [0.4, 0.5) is 5.95 Å². The molecule has 0 saturated carbocycles. The topological polar surface area (TPSA) is 21.1 Å². The zero-order valence-electron chi connectivity index (χ0n) is 17.2. The summed E-state index contributed by atoms with van der Waals surface area (Å²) in [6.07, 6.45) is -0.806. The number of nitrogens with zero attached hydrogens (tertiary/aromatic N) is 3. The molecule has 0 radical (unpaired) electrons. The third-order valence-corrected chi connectivity index (χ3v) is 1.27. The van der Waals surface area contributed by atoms with E-state index in [1.54, 1.807) is 0 Å². The lowest BCUT2D eigenvalue weighted by molar-refractivity contribution is 0.747. The largest absolute Gasteiger partial charge is 0.348 e. The van der Waals surface area contributed by atoms with Crippen LogP contribution in [0.15, 0.2) is 10.8 Å². The number of hydrogen-bond donors (Lipinski definition) is 0. The highest BCUT2D eigenvalue weighted by Crippen LogP contribution is 2.15. The van der Waals surface area contributed by atoms with Gasteiger partial charge in [-0.2, -0.15) is 0 Å². The Hall–Kier alpha value is -0.510. The van der Waals surface area contributed by atoms with Crippen LogP contribution in [0.2, 0.25) is 0 Å². The molecule has 1 rings (SSSR count). The van der Waals surface area contributed by atoms with E-state index >= 15 is 0 Å². The van der Waals surface area contributed by atoms with Gasteiger partial charge in [0.2, 0.25) is 5.95 Å². The van der Waals surface area contributed by atoms with E-state index in [9.17, 15) is 0 Å². The standard InChI is InChI=1S/C7H12BrN3/c1-4-11-5-6(8)9-7(11)10(2)3/h5H,4H2,1-3H3/i1D3,2D3,3D3,4D2,5D. The Bertz CT molecular complexity index is 567. The molecule has 11 heavy (non-hydrogen) atoms. The van der Waals surface area contributed by atoms with Crippen molar-refractivity contribution in [3.05, 3.63) is 10.8 Å². The molecule has 0 saturated heterocycles. The number of rotatable bonds is 2. The van der Waals surface area contributed by atoms with Crippen LogP contribution in [0.25, 0.3) is 0 Å². The summed E-state index contributed by atoms with van der Waals surface area (Å²) in [6, 6.07) is 0. The summed E-state index contributed by atoms with van der Waals surface area (Å²) in [5, 5.41) is 0. The van der Waals surface area contributed by atoms with Gasteiger partial charge in [-0.05, 0) is 22.8 Å². The molecule has 0 bridgehead atoms. The number of aromatic nitrogens is 2. The maximum atomic E-state index is 7.72. The van der Waals surface area contributed by atoms with E-state index < -0.39 is 39.4 Å². The lowest BCUT2D eigenvalue weighted by atomic mass is 10.7. The molecule has 0 amide bonds. The van der Waals surface area contributed by atoms with Crippen LogP contribution in [0.5, 0.6) is 0 Å². The van der Waals surface area contributed by atoms with E-state index in [1.165, 1.54) is 0 Å². The van der Waals surface area contributed by atoms with Gasteiger partial charge in [0.15, 0.2) is 0 Å². The molecule has 0 atom stereocenters. The Labute approximate surface area is 92.0 Å². The fraction of sp³-hybridized carbons (Fsp3) is 0.571. The van der Waals surface area contributed by atoms with Gasteiger partial charge < -0.3 is 9.47 Å². The number of imidazole rings is 1. The summed E-state index contributed by atoms with van der Waals surface area (Å²) >= 11 is 2.76. The average Bonchev–Trinajstić information content (AvgIpc) is 2.48. The van der Waals surface area contributed by atoms with Crippen LogP contribution < -0.4 is 4.90 Å². The Morgan fingerprint density at radius 2 is 2.82 bits per heavy atom. The van der Waals surface area contributed by atoms with E-state index in [4.69, 9.17) is 16.4 Å². The van der Waals surface area contributed by atoms with Gasteiger partial charge in [0.1, 0.15) is 4.60 Å². The van der Waals surface area contributed by atoms with Gasteiger partial charge in [-0.25, -0.2) is 4.98 Å². The monoisotopic (exact) mass is 229 g/mol. The molecule has 0 N–H and O–H groups in total. The first-order chi connectivity index (χ1) is 9.92. The van der Waals surface area contributed by atoms with Crippen molar-refractivity contribution in [3.8, 4) is 0 Å². The van der Waals surface area contributed by atoms with Crippen molar-refractivity contribution in [1.82, 2.24) is 9.55 Å². The number of anilines is 1. The van der Waals surface area contributed by atoms with Crippen molar-refractivity contribution in [2.45, 2.75) is 13.3 Å². The lowest BCUT2D eigenvalue weighted by Crippen LogP contribution is -2.14. The Morgan fingerprint density at radius 3 is 3.45 bits per heavy atom. The molecular weight excluding hydrogens is 206 g/mol. The third-order valence-electron chi connectivity index (χ3n) is 0.914. The molecule has 0 aliphatic rings. The number of hydrogen-bond acceptors (Lipinski definition) is 2. The Morgan fingerprint density at radius 1 is 2.00 bits per heavy atom. The summed E-state index contributed by atoms with van der Waals surface area (Å²) in [5.74, 6) is -1.01. The first-order valence-electron chi connectivity index (χ1n) is 8.48. The fourth-order valence-electron chi connectivity index (χ4n) is 0.533. The molecule has 0 aliphatic heterocycles. The first kappa shape index (κ1) is 1.87. The first-order valence-corrected chi connectivity index (χ1v) is 3.27. The van der Waals surface area contributed by atoms with Crippen molar-refractivity contribution in [3.63, 3.8) is 0 Å². The van der Waals surface area contributed by atoms with Crippen LogP contribution in [0, 0.1) is 0 Å². The minimum absolute atomic E-state index is 0.128. The molecule has 62 valence electrons. The SMILES string of the molecule is [2H]c1c(Br)nc(N(C([2H])([2H])[2H])C([2H])([2H])[2H])n1C([2H])([2H])C([2H])([2H])[2H]. The predicted octanol–water partition coefficient (Wildman–Crippen LogP) is 1.73. The highest BCUT2D eigenvalue weighted by atomic mass is 79.9. The van der Waals surface area contributed by atoms with Gasteiger partial charge in [0, 0.05) is 41.7 Å². The van der Waals surface area contributed by atoms with Gasteiger partial charge >= 0.3 is 0 Å². The quantitative estimate of drug-likeness (QED) is 0.771. The molecule has 1 heterocycles. The summed E-state index contributed by atoms with van der Waals surface area (Å²) in [6.45, 7) is -13.1. The van der Waals surface area contributed by atoms with Crippen molar-refractivity contribution in [2.24, 2.45) is 0 Å². The third kappa shape index (κ3) is 1.74. The van der Waals surface area contributed by atoms with Crippen LogP contribution in [-0.2, 0) is 6.50 Å². The van der Waals surface area contributed by atoms with E-state index in [0.717, 1.165) is 0 Å². The molecule has 0 aromatic carbocycles. The molecule has 1 aromatic heterocycles. The second-order valence-electron chi connectivity index (χ2n) is 1.60. The van der Waals surface area contributed by atoms with Crippen molar-refractivity contribution in [2.75, 3.05) is 18.9 Å². The molecule has 0 fully saturated rings. The van der Waals surface area contributed by atoms with Gasteiger partial charge in [-0.15, -0.1) is 0 Å². The second-order valence-corrected chi connectivity index (χ2v) is 2.35. The van der Waals surface area contributed by atoms with Crippen molar-refractivity contribution >= 4 is 21.9 Å². The van der Waals surface area contributed by atoms with Gasteiger partial charge in [-0.1, -0.05) is 0 Å². The maximum Gasteiger partial charge on any atom is 0.206 e. The molecule has 0 unspecified atom stereocenters. The molecule has 3 nitrogen and oxygen atoms in total. The van der Waals surface area contributed by atoms with E-state index in [-0.39, 0.29) is 14.1 Å². The van der Waals surface area contributed by atoms with Gasteiger partial charge in [-0.3, -0.25) is 0 Å². The van der Waals surface area contributed by atoms with Crippen LogP contribution >= 0.6 is 15.9 Å². The summed E-state index contributed by atoms with van der Waals surface area (Å²) in [5.41, 5.74) is 0. The highest BCUT2D eigenvalue weighted by Gasteiger charge is 2.05. The van der Waals surface area contributed by atoms with Gasteiger partial charge in [0.25, 0.3) is 0 Å². The van der Waals surface area contributed by atoms with Crippen LogP contribution in [0.3, 0.4) is 0 Å². The molecule has 0 spiro atoms. The zero-order chi connectivity index (χ0) is 18.6. The van der Waals surface area contributed by atoms with E-state index in [2.05, 4.69) is 20.9 Å². The maximum absolute atomic E-state index is 7.72. The molecule has 0 aliphatic carbocycles. The Kier molecular flexibility index (Phi) is 0.553. The second kappa shape index (κ2) is 3.26. The zero-order valence-corrected chi connectivity index (χ0v) is 6.81. The molecule has 1 aromatic rings. The van der Waals surface area contributed by atoms with Crippen molar-refractivity contribution in [1.29, 1.82) is 0 Å².